The van der Waals surface area contributed by atoms with Crippen LogP contribution < -0.4 is 11.3 Å². The first-order valence-corrected chi connectivity index (χ1v) is 6.53. The quantitative estimate of drug-likeness (QED) is 0.686. The Hall–Kier alpha value is -2.55. The van der Waals surface area contributed by atoms with Gasteiger partial charge in [0.15, 0.2) is 0 Å². The van der Waals surface area contributed by atoms with Gasteiger partial charge >= 0.3 is 0 Å². The maximum atomic E-state index is 12.2. The standard InChI is InChI=1S/C17H16N2O/c1-11-7-8-12(9-16(11)18)15-10-19(2)17(20)14-6-4-3-5-13(14)15/h3-10H,18H2,1-2H3. The summed E-state index contributed by atoms with van der Waals surface area (Å²) < 4.78 is 1.62. The molecule has 0 aliphatic carbocycles. The summed E-state index contributed by atoms with van der Waals surface area (Å²) in [7, 11) is 1.77. The van der Waals surface area contributed by atoms with Crippen LogP contribution >= 0.6 is 0 Å². The molecule has 0 fully saturated rings. The maximum absolute atomic E-state index is 12.2. The van der Waals surface area contributed by atoms with Gasteiger partial charge in [0.2, 0.25) is 0 Å². The molecule has 0 atom stereocenters. The predicted molar refractivity (Wildman–Crippen MR) is 83.8 cm³/mol. The number of aromatic nitrogens is 1. The molecular weight excluding hydrogens is 248 g/mol. The van der Waals surface area contributed by atoms with Crippen molar-refractivity contribution in [1.82, 2.24) is 4.57 Å². The fourth-order valence-corrected chi connectivity index (χ4v) is 2.45. The van der Waals surface area contributed by atoms with Crippen molar-refractivity contribution in [3.63, 3.8) is 0 Å². The van der Waals surface area contributed by atoms with Crippen LogP contribution in [0.2, 0.25) is 0 Å². The highest BCUT2D eigenvalue weighted by molar-refractivity contribution is 5.96. The molecule has 1 heterocycles. The normalized spacial score (nSPS) is 10.9. The van der Waals surface area contributed by atoms with Crippen molar-refractivity contribution in [1.29, 1.82) is 0 Å². The molecule has 20 heavy (non-hydrogen) atoms. The average Bonchev–Trinajstić information content (AvgIpc) is 2.46. The maximum Gasteiger partial charge on any atom is 0.258 e. The second-order valence-electron chi connectivity index (χ2n) is 5.08. The van der Waals surface area contributed by atoms with Crippen molar-refractivity contribution in [2.75, 3.05) is 5.73 Å². The molecular formula is C17H16N2O. The fourth-order valence-electron chi connectivity index (χ4n) is 2.45. The molecule has 2 N–H and O–H groups in total. The minimum absolute atomic E-state index is 0.0180. The molecule has 3 nitrogen and oxygen atoms in total. The topological polar surface area (TPSA) is 48.0 Å². The number of hydrogen-bond donors (Lipinski definition) is 1. The summed E-state index contributed by atoms with van der Waals surface area (Å²) in [6.45, 7) is 1.98. The van der Waals surface area contributed by atoms with Gasteiger partial charge in [-0.3, -0.25) is 4.79 Å². The van der Waals surface area contributed by atoms with Gasteiger partial charge in [-0.15, -0.1) is 0 Å². The lowest BCUT2D eigenvalue weighted by Gasteiger charge is -2.11. The fraction of sp³-hybridized carbons (Fsp3) is 0.118. The van der Waals surface area contributed by atoms with Gasteiger partial charge in [-0.25, -0.2) is 0 Å². The number of rotatable bonds is 1. The van der Waals surface area contributed by atoms with E-state index in [1.54, 1.807) is 11.6 Å². The third-order valence-corrected chi connectivity index (χ3v) is 3.68. The lowest BCUT2D eigenvalue weighted by atomic mass is 9.99. The van der Waals surface area contributed by atoms with Crippen LogP contribution in [0.1, 0.15) is 5.56 Å². The lowest BCUT2D eigenvalue weighted by molar-refractivity contribution is 0.875. The molecule has 1 aromatic heterocycles. The summed E-state index contributed by atoms with van der Waals surface area (Å²) in [4.78, 5) is 12.2. The molecule has 0 bridgehead atoms. The largest absolute Gasteiger partial charge is 0.398 e. The van der Waals surface area contributed by atoms with Gasteiger partial charge < -0.3 is 10.3 Å². The van der Waals surface area contributed by atoms with Crippen LogP contribution in [-0.2, 0) is 7.05 Å². The summed E-state index contributed by atoms with van der Waals surface area (Å²) in [5.41, 5.74) is 9.89. The number of hydrogen-bond acceptors (Lipinski definition) is 2. The molecule has 0 aliphatic heterocycles. The lowest BCUT2D eigenvalue weighted by Crippen LogP contribution is -2.16. The Morgan fingerprint density at radius 2 is 1.75 bits per heavy atom. The van der Waals surface area contributed by atoms with Crippen LogP contribution in [0.25, 0.3) is 21.9 Å². The van der Waals surface area contributed by atoms with Gasteiger partial charge in [-0.2, -0.15) is 0 Å². The highest BCUT2D eigenvalue weighted by Gasteiger charge is 2.09. The number of nitrogens with two attached hydrogens (primary N) is 1. The summed E-state index contributed by atoms with van der Waals surface area (Å²) in [6.07, 6.45) is 1.87. The number of benzene rings is 2. The summed E-state index contributed by atoms with van der Waals surface area (Å²) in [6, 6.07) is 13.7. The Bertz CT molecular complexity index is 862. The Balaban J connectivity index is 2.39. The third-order valence-electron chi connectivity index (χ3n) is 3.68. The number of aryl methyl sites for hydroxylation is 2. The molecule has 2 aromatic carbocycles. The number of anilines is 1. The Morgan fingerprint density at radius 1 is 1.05 bits per heavy atom. The molecule has 0 spiro atoms. The van der Waals surface area contributed by atoms with Crippen LogP contribution in [0.15, 0.2) is 53.5 Å². The van der Waals surface area contributed by atoms with E-state index < -0.39 is 0 Å². The second-order valence-corrected chi connectivity index (χ2v) is 5.08. The van der Waals surface area contributed by atoms with Gasteiger partial charge in [0.1, 0.15) is 0 Å². The van der Waals surface area contributed by atoms with Crippen LogP contribution in [0, 0.1) is 6.92 Å². The minimum Gasteiger partial charge on any atom is -0.398 e. The Labute approximate surface area is 117 Å². The van der Waals surface area contributed by atoms with E-state index in [1.807, 2.05) is 55.6 Å². The van der Waals surface area contributed by atoms with Crippen molar-refractivity contribution >= 4 is 16.5 Å². The van der Waals surface area contributed by atoms with Gasteiger partial charge in [0.25, 0.3) is 5.56 Å². The number of pyridine rings is 1. The van der Waals surface area contributed by atoms with Crippen molar-refractivity contribution < 1.29 is 0 Å². The number of nitrogens with zero attached hydrogens (tertiary/aromatic N) is 1. The van der Waals surface area contributed by atoms with E-state index in [-0.39, 0.29) is 5.56 Å². The molecule has 0 radical (unpaired) electrons. The molecule has 0 amide bonds. The molecule has 0 saturated heterocycles. The highest BCUT2D eigenvalue weighted by atomic mass is 16.1. The monoisotopic (exact) mass is 264 g/mol. The van der Waals surface area contributed by atoms with Crippen LogP contribution in [-0.4, -0.2) is 4.57 Å². The third kappa shape index (κ3) is 1.88. The molecule has 0 aliphatic rings. The molecule has 0 saturated carbocycles. The average molecular weight is 264 g/mol. The van der Waals surface area contributed by atoms with E-state index in [0.29, 0.717) is 0 Å². The molecule has 3 aromatic rings. The van der Waals surface area contributed by atoms with Gasteiger partial charge in [0.05, 0.1) is 0 Å². The van der Waals surface area contributed by atoms with Crippen molar-refractivity contribution in [2.45, 2.75) is 6.92 Å². The zero-order valence-electron chi connectivity index (χ0n) is 11.6. The van der Waals surface area contributed by atoms with E-state index in [2.05, 4.69) is 0 Å². The molecule has 3 rings (SSSR count). The zero-order chi connectivity index (χ0) is 14.3. The SMILES string of the molecule is Cc1ccc(-c2cn(C)c(=O)c3ccccc23)cc1N. The van der Waals surface area contributed by atoms with E-state index in [1.165, 1.54) is 0 Å². The number of nitrogen functional groups attached to an aromatic ring is 1. The zero-order valence-corrected chi connectivity index (χ0v) is 11.6. The Kier molecular flexibility index (Phi) is 2.83. The first-order valence-electron chi connectivity index (χ1n) is 6.53. The molecule has 0 unspecified atom stereocenters. The minimum atomic E-state index is 0.0180. The Morgan fingerprint density at radius 3 is 2.45 bits per heavy atom. The highest BCUT2D eigenvalue weighted by Crippen LogP contribution is 2.28. The van der Waals surface area contributed by atoms with Crippen molar-refractivity contribution in [3.05, 3.63) is 64.6 Å². The first kappa shape index (κ1) is 12.5. The summed E-state index contributed by atoms with van der Waals surface area (Å²) in [5.74, 6) is 0. The summed E-state index contributed by atoms with van der Waals surface area (Å²) >= 11 is 0. The first-order chi connectivity index (χ1) is 9.58. The van der Waals surface area contributed by atoms with Crippen molar-refractivity contribution in [3.8, 4) is 11.1 Å². The summed E-state index contributed by atoms with van der Waals surface area (Å²) in [5, 5.41) is 1.69. The van der Waals surface area contributed by atoms with Crippen LogP contribution in [0.5, 0.6) is 0 Å². The van der Waals surface area contributed by atoms with Gasteiger partial charge in [-0.05, 0) is 35.6 Å². The van der Waals surface area contributed by atoms with E-state index in [4.69, 9.17) is 5.73 Å². The number of fused-ring (bicyclic) bond motifs is 1. The molecule has 3 heteroatoms. The second kappa shape index (κ2) is 4.53. The van der Waals surface area contributed by atoms with Gasteiger partial charge in [-0.1, -0.05) is 30.3 Å². The van der Waals surface area contributed by atoms with Gasteiger partial charge in [0, 0.05) is 29.9 Å². The van der Waals surface area contributed by atoms with Crippen molar-refractivity contribution in [2.24, 2.45) is 7.05 Å². The smallest absolute Gasteiger partial charge is 0.258 e. The molecule has 100 valence electrons. The van der Waals surface area contributed by atoms with E-state index in [9.17, 15) is 4.79 Å². The predicted octanol–water partition coefficient (Wildman–Crippen LogP) is 3.10. The van der Waals surface area contributed by atoms with Crippen LogP contribution in [0.3, 0.4) is 0 Å². The van der Waals surface area contributed by atoms with Crippen LogP contribution in [0.4, 0.5) is 5.69 Å². The van der Waals surface area contributed by atoms with E-state index in [0.717, 1.165) is 33.2 Å². The van der Waals surface area contributed by atoms with E-state index >= 15 is 0 Å².